The van der Waals surface area contributed by atoms with E-state index in [0.29, 0.717) is 0 Å². The number of nitrogens with one attached hydrogen (secondary N) is 1. The topological polar surface area (TPSA) is 60.2 Å². The molecule has 1 aromatic heterocycles. The molecule has 1 aliphatic carbocycles. The maximum atomic E-state index is 5.90. The molecule has 0 amide bonds. The number of hydrazine groups is 1. The number of methoxy groups -OCH3 is 1. The summed E-state index contributed by atoms with van der Waals surface area (Å²) < 4.78 is 5.90. The largest absolute Gasteiger partial charge is 0.376 e. The van der Waals surface area contributed by atoms with Crippen molar-refractivity contribution in [2.75, 3.05) is 7.11 Å². The van der Waals surface area contributed by atoms with E-state index < -0.39 is 0 Å². The lowest BCUT2D eigenvalue weighted by Crippen LogP contribution is -2.46. The zero-order valence-corrected chi connectivity index (χ0v) is 11.8. The smallest absolute Gasteiger partial charge is 0.0885 e. The molecule has 1 saturated carbocycles. The minimum atomic E-state index is -0.202. The molecule has 2 aromatic rings. The van der Waals surface area contributed by atoms with Gasteiger partial charge < -0.3 is 4.74 Å². The minimum Gasteiger partial charge on any atom is -0.376 e. The Bertz CT molecular complexity index is 588. The Morgan fingerprint density at radius 3 is 2.80 bits per heavy atom. The maximum Gasteiger partial charge on any atom is 0.0885 e. The number of ether oxygens (including phenoxy) is 1. The third-order valence-corrected chi connectivity index (χ3v) is 4.57. The molecule has 1 heterocycles. The summed E-state index contributed by atoms with van der Waals surface area (Å²) >= 11 is 0. The van der Waals surface area contributed by atoms with Gasteiger partial charge in [0.25, 0.3) is 0 Å². The molecule has 1 aromatic carbocycles. The van der Waals surface area contributed by atoms with Crippen LogP contribution in [-0.2, 0) is 4.74 Å². The molecule has 1 atom stereocenters. The molecule has 0 bridgehead atoms. The number of benzene rings is 1. The monoisotopic (exact) mass is 271 g/mol. The van der Waals surface area contributed by atoms with Crippen molar-refractivity contribution in [1.29, 1.82) is 0 Å². The lowest BCUT2D eigenvalue weighted by atomic mass is 9.85. The van der Waals surface area contributed by atoms with Gasteiger partial charge in [-0.25, -0.2) is 0 Å². The zero-order valence-electron chi connectivity index (χ0n) is 11.8. The molecular formula is C16H21N3O. The van der Waals surface area contributed by atoms with Crippen LogP contribution >= 0.6 is 0 Å². The number of nitrogens with two attached hydrogens (primary N) is 1. The van der Waals surface area contributed by atoms with Gasteiger partial charge in [0.1, 0.15) is 0 Å². The van der Waals surface area contributed by atoms with Gasteiger partial charge in [0.05, 0.1) is 11.6 Å². The Morgan fingerprint density at radius 2 is 2.10 bits per heavy atom. The molecule has 20 heavy (non-hydrogen) atoms. The summed E-state index contributed by atoms with van der Waals surface area (Å²) in [4.78, 5) is 4.19. The van der Waals surface area contributed by atoms with Crippen LogP contribution < -0.4 is 11.3 Å². The van der Waals surface area contributed by atoms with Crippen molar-refractivity contribution in [2.24, 2.45) is 5.84 Å². The average Bonchev–Trinajstić information content (AvgIpc) is 2.98. The van der Waals surface area contributed by atoms with E-state index in [9.17, 15) is 0 Å². The molecule has 0 saturated heterocycles. The first-order valence-electron chi connectivity index (χ1n) is 7.15. The summed E-state index contributed by atoms with van der Waals surface area (Å²) in [6, 6.07) is 8.32. The molecule has 3 N–H and O–H groups in total. The van der Waals surface area contributed by atoms with Crippen molar-refractivity contribution in [1.82, 2.24) is 10.4 Å². The van der Waals surface area contributed by atoms with Crippen LogP contribution in [0.2, 0.25) is 0 Å². The summed E-state index contributed by atoms with van der Waals surface area (Å²) in [6.07, 6.45) is 8.18. The molecule has 0 aliphatic heterocycles. The van der Waals surface area contributed by atoms with E-state index in [2.05, 4.69) is 28.6 Å². The van der Waals surface area contributed by atoms with Crippen molar-refractivity contribution >= 4 is 10.8 Å². The number of aromatic nitrogens is 1. The highest BCUT2D eigenvalue weighted by atomic mass is 16.5. The summed E-state index contributed by atoms with van der Waals surface area (Å²) in [7, 11) is 1.79. The molecule has 106 valence electrons. The number of hydrogen-bond donors (Lipinski definition) is 2. The first kappa shape index (κ1) is 13.5. The normalized spacial score (nSPS) is 19.3. The molecule has 0 radical (unpaired) electrons. The van der Waals surface area contributed by atoms with Crippen LogP contribution in [-0.4, -0.2) is 17.7 Å². The number of nitrogens with zero attached hydrogens (tertiary/aromatic N) is 1. The van der Waals surface area contributed by atoms with Gasteiger partial charge in [-0.15, -0.1) is 0 Å². The third kappa shape index (κ3) is 2.10. The Kier molecular flexibility index (Phi) is 3.70. The van der Waals surface area contributed by atoms with Crippen molar-refractivity contribution < 1.29 is 4.74 Å². The van der Waals surface area contributed by atoms with Crippen molar-refractivity contribution in [3.05, 3.63) is 42.2 Å². The summed E-state index contributed by atoms with van der Waals surface area (Å²) in [5.74, 6) is 5.89. The van der Waals surface area contributed by atoms with Crippen molar-refractivity contribution in [3.8, 4) is 0 Å². The molecule has 4 heteroatoms. The summed E-state index contributed by atoms with van der Waals surface area (Å²) in [6.45, 7) is 0. The van der Waals surface area contributed by atoms with Crippen LogP contribution in [0.3, 0.4) is 0 Å². The molecule has 1 unspecified atom stereocenters. The Labute approximate surface area is 119 Å². The first-order chi connectivity index (χ1) is 9.80. The highest BCUT2D eigenvalue weighted by Gasteiger charge is 2.42. The fraction of sp³-hybridized carbons (Fsp3) is 0.438. The Balaban J connectivity index is 2.12. The summed E-state index contributed by atoms with van der Waals surface area (Å²) in [5, 5.41) is 2.32. The lowest BCUT2D eigenvalue weighted by Gasteiger charge is -2.36. The van der Waals surface area contributed by atoms with Crippen LogP contribution in [0, 0.1) is 0 Å². The van der Waals surface area contributed by atoms with Crippen molar-refractivity contribution in [3.63, 3.8) is 0 Å². The van der Waals surface area contributed by atoms with Crippen LogP contribution in [0.5, 0.6) is 0 Å². The first-order valence-corrected chi connectivity index (χ1v) is 7.15. The van der Waals surface area contributed by atoms with Gasteiger partial charge in [-0.1, -0.05) is 31.0 Å². The Morgan fingerprint density at radius 1 is 1.30 bits per heavy atom. The number of hydrogen-bond acceptors (Lipinski definition) is 4. The molecular weight excluding hydrogens is 250 g/mol. The van der Waals surface area contributed by atoms with Gasteiger partial charge in [0, 0.05) is 24.9 Å². The molecule has 1 fully saturated rings. The molecule has 0 spiro atoms. The zero-order chi connectivity index (χ0) is 14.0. The summed E-state index contributed by atoms with van der Waals surface area (Å²) in [5.41, 5.74) is 3.99. The highest BCUT2D eigenvalue weighted by Crippen LogP contribution is 2.43. The van der Waals surface area contributed by atoms with Gasteiger partial charge in [0.2, 0.25) is 0 Å². The van der Waals surface area contributed by atoms with E-state index in [0.717, 1.165) is 18.2 Å². The quantitative estimate of drug-likeness (QED) is 0.663. The van der Waals surface area contributed by atoms with Gasteiger partial charge in [-0.05, 0) is 29.9 Å². The second-order valence-electron chi connectivity index (χ2n) is 5.52. The fourth-order valence-corrected chi connectivity index (χ4v) is 3.51. The van der Waals surface area contributed by atoms with Crippen LogP contribution in [0.15, 0.2) is 36.7 Å². The van der Waals surface area contributed by atoms with Crippen LogP contribution in [0.4, 0.5) is 0 Å². The highest BCUT2D eigenvalue weighted by molar-refractivity contribution is 5.85. The van der Waals surface area contributed by atoms with Crippen molar-refractivity contribution in [2.45, 2.75) is 37.3 Å². The number of fused-ring (bicyclic) bond motifs is 1. The van der Waals surface area contributed by atoms with E-state index in [1.807, 2.05) is 18.5 Å². The third-order valence-electron chi connectivity index (χ3n) is 4.57. The molecule has 3 rings (SSSR count). The van der Waals surface area contributed by atoms with Gasteiger partial charge in [-0.2, -0.15) is 0 Å². The van der Waals surface area contributed by atoms with Gasteiger partial charge in [-0.3, -0.25) is 16.3 Å². The number of pyridine rings is 1. The van der Waals surface area contributed by atoms with E-state index >= 15 is 0 Å². The van der Waals surface area contributed by atoms with E-state index in [-0.39, 0.29) is 11.6 Å². The van der Waals surface area contributed by atoms with Crippen LogP contribution in [0.25, 0.3) is 10.8 Å². The molecule has 4 nitrogen and oxygen atoms in total. The van der Waals surface area contributed by atoms with Gasteiger partial charge >= 0.3 is 0 Å². The van der Waals surface area contributed by atoms with E-state index in [1.54, 1.807) is 7.11 Å². The second-order valence-corrected chi connectivity index (χ2v) is 5.52. The minimum absolute atomic E-state index is 0.00102. The van der Waals surface area contributed by atoms with E-state index in [4.69, 9.17) is 10.6 Å². The fourth-order valence-electron chi connectivity index (χ4n) is 3.51. The van der Waals surface area contributed by atoms with Gasteiger partial charge in [0.15, 0.2) is 0 Å². The van der Waals surface area contributed by atoms with E-state index in [1.165, 1.54) is 23.8 Å². The predicted octanol–water partition coefficient (Wildman–Crippen LogP) is 2.70. The second kappa shape index (κ2) is 5.48. The van der Waals surface area contributed by atoms with Crippen LogP contribution in [0.1, 0.15) is 37.3 Å². The lowest BCUT2D eigenvalue weighted by molar-refractivity contribution is -0.0365. The number of rotatable bonds is 4. The predicted molar refractivity (Wildman–Crippen MR) is 80.0 cm³/mol. The Hall–Kier alpha value is -1.49. The average molecular weight is 271 g/mol. The SMILES string of the molecule is COC1(C(NN)c2cccc3cnccc23)CCCC1. The maximum absolute atomic E-state index is 5.90. The standard InChI is InChI=1S/C16H21N3O/c1-20-16(8-2-3-9-16)15(19-17)14-6-4-5-12-11-18-10-7-13(12)14/h4-7,10-11,15,19H,2-3,8-9,17H2,1H3. The molecule has 1 aliphatic rings.